The van der Waals surface area contributed by atoms with Crippen LogP contribution in [0.2, 0.25) is 10.0 Å². The zero-order chi connectivity index (χ0) is 27.9. The highest BCUT2D eigenvalue weighted by atomic mass is 35.5. The van der Waals surface area contributed by atoms with Crippen LogP contribution in [0.15, 0.2) is 114 Å². The summed E-state index contributed by atoms with van der Waals surface area (Å²) in [6.45, 7) is 0.429. The van der Waals surface area contributed by atoms with Crippen molar-refractivity contribution in [1.29, 1.82) is 0 Å². The minimum atomic E-state index is -0.648. The van der Waals surface area contributed by atoms with E-state index in [1.807, 2.05) is 60.7 Å². The molecule has 0 radical (unpaired) electrons. The molecule has 1 amide bonds. The molecule has 40 heavy (non-hydrogen) atoms. The molecule has 5 aromatic rings. The van der Waals surface area contributed by atoms with Crippen LogP contribution >= 0.6 is 23.2 Å². The molecule has 0 aliphatic carbocycles. The van der Waals surface area contributed by atoms with Gasteiger partial charge in [-0.05, 0) is 64.9 Å². The number of carbonyl (C=O) groups is 2. The molecule has 1 N–H and O–H groups in total. The zero-order valence-corrected chi connectivity index (χ0v) is 22.5. The summed E-state index contributed by atoms with van der Waals surface area (Å²) in [5, 5.41) is 6.42. The summed E-state index contributed by atoms with van der Waals surface area (Å²) in [6.07, 6.45) is 1.45. The smallest absolute Gasteiger partial charge is 0.345 e. The van der Waals surface area contributed by atoms with Crippen molar-refractivity contribution in [2.45, 2.75) is 6.61 Å². The first-order chi connectivity index (χ1) is 19.5. The van der Waals surface area contributed by atoms with Gasteiger partial charge in [0.1, 0.15) is 18.1 Å². The van der Waals surface area contributed by atoms with Gasteiger partial charge in [-0.1, -0.05) is 83.9 Å². The topological polar surface area (TPSA) is 77.0 Å². The minimum absolute atomic E-state index is 0.173. The molecule has 5 rings (SSSR count). The molecule has 0 spiro atoms. The number of carbonyl (C=O) groups excluding carboxylic acids is 2. The number of halogens is 2. The number of amides is 1. The molecule has 0 saturated heterocycles. The van der Waals surface area contributed by atoms with Gasteiger partial charge >= 0.3 is 5.97 Å². The third-order valence-corrected chi connectivity index (χ3v) is 6.56. The highest BCUT2D eigenvalue weighted by Crippen LogP contribution is 2.29. The van der Waals surface area contributed by atoms with E-state index in [-0.39, 0.29) is 16.3 Å². The van der Waals surface area contributed by atoms with Gasteiger partial charge in [-0.15, -0.1) is 0 Å². The molecule has 0 saturated carbocycles. The Balaban J connectivity index is 1.30. The Bertz CT molecular complexity index is 1700. The van der Waals surface area contributed by atoms with E-state index in [2.05, 4.69) is 10.5 Å². The quantitative estimate of drug-likeness (QED) is 0.0899. The minimum Gasteiger partial charge on any atom is -0.489 e. The molecular weight excluding hydrogens is 547 g/mol. The monoisotopic (exact) mass is 568 g/mol. The lowest BCUT2D eigenvalue weighted by molar-refractivity contribution is 0.0734. The number of nitrogens with one attached hydrogen (secondary N) is 1. The molecule has 0 aliphatic rings. The average molecular weight is 569 g/mol. The average Bonchev–Trinajstić information content (AvgIpc) is 2.97. The standard InChI is InChI=1S/C32H22Cl2N2O4/c33-24-13-16-27(29(34)18-24)32(38)40-30-17-12-22-8-4-5-9-26(22)28(30)19-35-36-31(37)23-10-14-25(15-11-23)39-20-21-6-2-1-3-7-21/h1-19H,20H2,(H,36,37)/b35-19+. The van der Waals surface area contributed by atoms with Crippen molar-refractivity contribution < 1.29 is 19.1 Å². The van der Waals surface area contributed by atoms with Crippen molar-refractivity contribution >= 4 is 52.1 Å². The van der Waals surface area contributed by atoms with E-state index >= 15 is 0 Å². The van der Waals surface area contributed by atoms with Gasteiger partial charge in [-0.2, -0.15) is 5.10 Å². The number of hydrogen-bond donors (Lipinski definition) is 1. The molecule has 0 aromatic heterocycles. The van der Waals surface area contributed by atoms with Gasteiger partial charge in [0.15, 0.2) is 0 Å². The van der Waals surface area contributed by atoms with Gasteiger partial charge in [-0.25, -0.2) is 10.2 Å². The molecular formula is C32H22Cl2N2O4. The van der Waals surface area contributed by atoms with Gasteiger partial charge in [0.2, 0.25) is 0 Å². The second-order valence-corrected chi connectivity index (χ2v) is 9.55. The number of ether oxygens (including phenoxy) is 2. The molecule has 0 bridgehead atoms. The van der Waals surface area contributed by atoms with Crippen LogP contribution in [0.25, 0.3) is 10.8 Å². The van der Waals surface area contributed by atoms with E-state index in [9.17, 15) is 9.59 Å². The number of hydrogen-bond acceptors (Lipinski definition) is 5. The van der Waals surface area contributed by atoms with Crippen molar-refractivity contribution in [3.8, 4) is 11.5 Å². The third kappa shape index (κ3) is 6.49. The van der Waals surface area contributed by atoms with Crippen LogP contribution in [0.4, 0.5) is 0 Å². The van der Waals surface area contributed by atoms with Crippen molar-refractivity contribution in [1.82, 2.24) is 5.43 Å². The Morgan fingerprint density at radius 3 is 2.35 bits per heavy atom. The maximum absolute atomic E-state index is 12.9. The summed E-state index contributed by atoms with van der Waals surface area (Å²) >= 11 is 12.1. The Kier molecular flexibility index (Phi) is 8.40. The van der Waals surface area contributed by atoms with Gasteiger partial charge in [0.25, 0.3) is 5.91 Å². The molecule has 198 valence electrons. The molecule has 0 aliphatic heterocycles. The van der Waals surface area contributed by atoms with Gasteiger partial charge < -0.3 is 9.47 Å². The Hall–Kier alpha value is -4.65. The zero-order valence-electron chi connectivity index (χ0n) is 21.0. The van der Waals surface area contributed by atoms with Gasteiger partial charge in [0, 0.05) is 16.1 Å². The number of hydrazone groups is 1. The first kappa shape index (κ1) is 26.9. The number of esters is 1. The maximum Gasteiger partial charge on any atom is 0.345 e. The Morgan fingerprint density at radius 2 is 1.57 bits per heavy atom. The summed E-state index contributed by atoms with van der Waals surface area (Å²) < 4.78 is 11.5. The first-order valence-corrected chi connectivity index (χ1v) is 13.0. The largest absolute Gasteiger partial charge is 0.489 e. The summed E-state index contributed by atoms with van der Waals surface area (Å²) in [5.74, 6) is -0.151. The van der Waals surface area contributed by atoms with Crippen LogP contribution in [0, 0.1) is 0 Å². The van der Waals surface area contributed by atoms with E-state index in [4.69, 9.17) is 32.7 Å². The van der Waals surface area contributed by atoms with Crippen molar-refractivity contribution in [3.05, 3.63) is 141 Å². The molecule has 0 unspecified atom stereocenters. The fraction of sp³-hybridized carbons (Fsp3) is 0.0312. The van der Waals surface area contributed by atoms with Crippen LogP contribution < -0.4 is 14.9 Å². The van der Waals surface area contributed by atoms with E-state index < -0.39 is 11.9 Å². The van der Waals surface area contributed by atoms with Crippen molar-refractivity contribution in [3.63, 3.8) is 0 Å². The summed E-state index contributed by atoms with van der Waals surface area (Å²) in [4.78, 5) is 25.6. The van der Waals surface area contributed by atoms with E-state index in [1.54, 1.807) is 36.4 Å². The number of rotatable bonds is 8. The van der Waals surface area contributed by atoms with E-state index in [0.717, 1.165) is 16.3 Å². The lowest BCUT2D eigenvalue weighted by atomic mass is 10.0. The number of benzene rings is 5. The van der Waals surface area contributed by atoms with Crippen LogP contribution in [-0.4, -0.2) is 18.1 Å². The molecule has 8 heteroatoms. The van der Waals surface area contributed by atoms with Crippen LogP contribution in [0.1, 0.15) is 31.8 Å². The second kappa shape index (κ2) is 12.5. The van der Waals surface area contributed by atoms with Gasteiger partial charge in [-0.3, -0.25) is 4.79 Å². The molecule has 0 fully saturated rings. The predicted octanol–water partition coefficient (Wildman–Crippen LogP) is 7.71. The predicted molar refractivity (Wildman–Crippen MR) is 158 cm³/mol. The van der Waals surface area contributed by atoms with Crippen molar-refractivity contribution in [2.24, 2.45) is 5.10 Å². The van der Waals surface area contributed by atoms with E-state index in [1.165, 1.54) is 18.3 Å². The SMILES string of the molecule is O=C(N/N=C/c1c(OC(=O)c2ccc(Cl)cc2Cl)ccc2ccccc12)c1ccc(OCc2ccccc2)cc1. The summed E-state index contributed by atoms with van der Waals surface area (Å²) in [5.41, 5.74) is 4.68. The third-order valence-electron chi connectivity index (χ3n) is 6.01. The maximum atomic E-state index is 12.9. The molecule has 6 nitrogen and oxygen atoms in total. The Morgan fingerprint density at radius 1 is 0.825 bits per heavy atom. The molecule has 0 heterocycles. The summed E-state index contributed by atoms with van der Waals surface area (Å²) in [7, 11) is 0. The first-order valence-electron chi connectivity index (χ1n) is 12.3. The fourth-order valence-electron chi connectivity index (χ4n) is 3.97. The van der Waals surface area contributed by atoms with Crippen LogP contribution in [-0.2, 0) is 6.61 Å². The van der Waals surface area contributed by atoms with Crippen LogP contribution in [0.3, 0.4) is 0 Å². The normalized spacial score (nSPS) is 10.9. The highest BCUT2D eigenvalue weighted by Gasteiger charge is 2.16. The number of fused-ring (bicyclic) bond motifs is 1. The molecule has 0 atom stereocenters. The van der Waals surface area contributed by atoms with E-state index in [0.29, 0.717) is 28.5 Å². The van der Waals surface area contributed by atoms with Crippen molar-refractivity contribution in [2.75, 3.05) is 0 Å². The second-order valence-electron chi connectivity index (χ2n) is 8.71. The van der Waals surface area contributed by atoms with Gasteiger partial charge in [0.05, 0.1) is 16.8 Å². The Labute approximate surface area is 240 Å². The van der Waals surface area contributed by atoms with Crippen LogP contribution in [0.5, 0.6) is 11.5 Å². The lowest BCUT2D eigenvalue weighted by Gasteiger charge is -2.11. The lowest BCUT2D eigenvalue weighted by Crippen LogP contribution is -2.17. The fourth-order valence-corrected chi connectivity index (χ4v) is 4.46. The summed E-state index contributed by atoms with van der Waals surface area (Å²) in [6, 6.07) is 32.2. The number of nitrogens with zero attached hydrogens (tertiary/aromatic N) is 1. The molecule has 5 aromatic carbocycles. The highest BCUT2D eigenvalue weighted by molar-refractivity contribution is 6.36.